The van der Waals surface area contributed by atoms with E-state index >= 15 is 0 Å². The van der Waals surface area contributed by atoms with Crippen molar-refractivity contribution in [2.24, 2.45) is 5.92 Å². The molecule has 1 aromatic carbocycles. The van der Waals surface area contributed by atoms with E-state index in [1.807, 2.05) is 0 Å². The number of benzene rings is 1. The van der Waals surface area contributed by atoms with E-state index in [-0.39, 0.29) is 0 Å². The van der Waals surface area contributed by atoms with Crippen LogP contribution in [-0.4, -0.2) is 12.8 Å². The van der Waals surface area contributed by atoms with Crippen LogP contribution in [0, 0.1) is 5.92 Å². The van der Waals surface area contributed by atoms with Gasteiger partial charge in [0.2, 0.25) is 0 Å². The predicted molar refractivity (Wildman–Crippen MR) is 58.1 cm³/mol. The summed E-state index contributed by atoms with van der Waals surface area (Å²) in [6.45, 7) is 3.46. The summed E-state index contributed by atoms with van der Waals surface area (Å²) < 4.78 is 0. The molecule has 1 fully saturated rings. The maximum atomic E-state index is 3.44. The minimum absolute atomic E-state index is 0.593. The van der Waals surface area contributed by atoms with Crippen molar-refractivity contribution in [1.29, 1.82) is 0 Å². The van der Waals surface area contributed by atoms with Gasteiger partial charge in [0.1, 0.15) is 0 Å². The van der Waals surface area contributed by atoms with E-state index in [9.17, 15) is 0 Å². The normalized spacial score (nSPS) is 26.9. The fraction of sp³-hybridized carbons (Fsp3) is 0.455. The van der Waals surface area contributed by atoms with Gasteiger partial charge >= 0.3 is 0 Å². The number of rotatable bonds is 2. The first-order valence-corrected chi connectivity index (χ1v) is 5.91. The lowest BCUT2D eigenvalue weighted by molar-refractivity contribution is 0.258. The molecule has 1 saturated heterocycles. The van der Waals surface area contributed by atoms with Gasteiger partial charge in [-0.15, -0.1) is 11.8 Å². The smallest absolute Gasteiger partial charge is 0.0358 e. The molecule has 0 spiro atoms. The van der Waals surface area contributed by atoms with Crippen LogP contribution in [0.1, 0.15) is 18.5 Å². The first kappa shape index (κ1) is 9.10. The molecule has 2 rings (SSSR count). The van der Waals surface area contributed by atoms with Crippen LogP contribution < -0.4 is 5.32 Å². The molecule has 2 atom stereocenters. The molecule has 2 unspecified atom stereocenters. The third-order valence-corrected chi connectivity index (χ3v) is 3.45. The van der Waals surface area contributed by atoms with Crippen LogP contribution in [0.5, 0.6) is 0 Å². The quantitative estimate of drug-likeness (QED) is 0.725. The average Bonchev–Trinajstić information content (AvgIpc) is 2.17. The third kappa shape index (κ3) is 1.74. The van der Waals surface area contributed by atoms with Crippen LogP contribution in [-0.2, 0) is 0 Å². The van der Waals surface area contributed by atoms with E-state index < -0.39 is 0 Å². The van der Waals surface area contributed by atoms with E-state index in [0.29, 0.717) is 6.04 Å². The van der Waals surface area contributed by atoms with E-state index in [0.717, 1.165) is 12.5 Å². The molecule has 0 radical (unpaired) electrons. The number of nitrogens with one attached hydrogen (secondary N) is 1. The summed E-state index contributed by atoms with van der Waals surface area (Å²) in [6, 6.07) is 9.47. The van der Waals surface area contributed by atoms with Crippen LogP contribution >= 0.6 is 11.8 Å². The van der Waals surface area contributed by atoms with Gasteiger partial charge in [0, 0.05) is 17.5 Å². The fourth-order valence-corrected chi connectivity index (χ4v) is 2.14. The van der Waals surface area contributed by atoms with Crippen molar-refractivity contribution in [1.82, 2.24) is 5.32 Å². The molecule has 0 aromatic heterocycles. The van der Waals surface area contributed by atoms with Crippen LogP contribution in [0.15, 0.2) is 29.2 Å². The Hall–Kier alpha value is -0.470. The van der Waals surface area contributed by atoms with Crippen LogP contribution in [0.3, 0.4) is 0 Å². The standard InChI is InChI=1S/C11H15NS/c1-8-7-12-11(8)9-3-5-10(13-2)6-4-9/h3-6,8,11-12H,7H2,1-2H3. The first-order valence-electron chi connectivity index (χ1n) is 4.68. The summed E-state index contributed by atoms with van der Waals surface area (Å²) in [7, 11) is 0. The van der Waals surface area contributed by atoms with E-state index in [1.165, 1.54) is 10.5 Å². The van der Waals surface area contributed by atoms with Gasteiger partial charge in [-0.1, -0.05) is 19.1 Å². The molecule has 1 heterocycles. The summed E-state index contributed by atoms with van der Waals surface area (Å²) in [5.41, 5.74) is 1.43. The Kier molecular flexibility index (Phi) is 2.61. The van der Waals surface area contributed by atoms with Gasteiger partial charge in [0.05, 0.1) is 0 Å². The molecule has 2 heteroatoms. The largest absolute Gasteiger partial charge is 0.309 e. The van der Waals surface area contributed by atoms with E-state index in [1.54, 1.807) is 11.8 Å². The Bertz CT molecular complexity index is 281. The molecule has 1 N–H and O–H groups in total. The monoisotopic (exact) mass is 193 g/mol. The zero-order valence-electron chi connectivity index (χ0n) is 8.08. The van der Waals surface area contributed by atoms with E-state index in [2.05, 4.69) is 42.8 Å². The summed E-state index contributed by atoms with van der Waals surface area (Å²) in [4.78, 5) is 1.34. The SMILES string of the molecule is CSc1ccc(C2NCC2C)cc1. The molecular formula is C11H15NS. The van der Waals surface area contributed by atoms with Crippen molar-refractivity contribution in [3.05, 3.63) is 29.8 Å². The number of hydrogen-bond acceptors (Lipinski definition) is 2. The molecule has 1 aromatic rings. The highest BCUT2D eigenvalue weighted by atomic mass is 32.2. The molecular weight excluding hydrogens is 178 g/mol. The van der Waals surface area contributed by atoms with Gasteiger partial charge in [-0.2, -0.15) is 0 Å². The second kappa shape index (κ2) is 3.72. The molecule has 0 aliphatic carbocycles. The predicted octanol–water partition coefficient (Wildman–Crippen LogP) is 2.69. The maximum Gasteiger partial charge on any atom is 0.0358 e. The first-order chi connectivity index (χ1) is 6.31. The van der Waals surface area contributed by atoms with Gasteiger partial charge < -0.3 is 5.32 Å². The minimum atomic E-state index is 0.593. The van der Waals surface area contributed by atoms with Crippen LogP contribution in [0.25, 0.3) is 0 Å². The number of thioether (sulfide) groups is 1. The Labute approximate surface area is 83.9 Å². The van der Waals surface area contributed by atoms with Crippen molar-refractivity contribution in [3.8, 4) is 0 Å². The van der Waals surface area contributed by atoms with Gasteiger partial charge in [0.15, 0.2) is 0 Å². The second-order valence-corrected chi connectivity index (χ2v) is 4.52. The van der Waals surface area contributed by atoms with Gasteiger partial charge in [-0.3, -0.25) is 0 Å². The lowest BCUT2D eigenvalue weighted by atomic mass is 9.88. The summed E-state index contributed by atoms with van der Waals surface area (Å²) >= 11 is 1.80. The summed E-state index contributed by atoms with van der Waals surface area (Å²) in [6.07, 6.45) is 2.11. The number of hydrogen-bond donors (Lipinski definition) is 1. The highest BCUT2D eigenvalue weighted by molar-refractivity contribution is 7.98. The van der Waals surface area contributed by atoms with Crippen molar-refractivity contribution in [2.45, 2.75) is 17.9 Å². The molecule has 70 valence electrons. The summed E-state index contributed by atoms with van der Waals surface area (Å²) in [5, 5.41) is 3.44. The fourth-order valence-electron chi connectivity index (χ4n) is 1.73. The average molecular weight is 193 g/mol. The Balaban J connectivity index is 2.13. The summed E-state index contributed by atoms with van der Waals surface area (Å²) in [5.74, 6) is 0.792. The molecule has 0 amide bonds. The minimum Gasteiger partial charge on any atom is -0.309 e. The molecule has 0 bridgehead atoms. The van der Waals surface area contributed by atoms with Crippen LogP contribution in [0.2, 0.25) is 0 Å². The van der Waals surface area contributed by atoms with Crippen molar-refractivity contribution in [3.63, 3.8) is 0 Å². The molecule has 0 saturated carbocycles. The third-order valence-electron chi connectivity index (χ3n) is 2.70. The van der Waals surface area contributed by atoms with Gasteiger partial charge in [-0.25, -0.2) is 0 Å². The van der Waals surface area contributed by atoms with Crippen LogP contribution in [0.4, 0.5) is 0 Å². The van der Waals surface area contributed by atoms with Crippen molar-refractivity contribution >= 4 is 11.8 Å². The van der Waals surface area contributed by atoms with Crippen molar-refractivity contribution < 1.29 is 0 Å². The Morgan fingerprint density at radius 3 is 2.38 bits per heavy atom. The molecule has 1 aliphatic rings. The second-order valence-electron chi connectivity index (χ2n) is 3.64. The van der Waals surface area contributed by atoms with Crippen molar-refractivity contribution in [2.75, 3.05) is 12.8 Å². The van der Waals surface area contributed by atoms with Gasteiger partial charge in [-0.05, 0) is 29.9 Å². The maximum absolute atomic E-state index is 3.44. The zero-order valence-corrected chi connectivity index (χ0v) is 8.90. The lowest BCUT2D eigenvalue weighted by Crippen LogP contribution is -2.43. The topological polar surface area (TPSA) is 12.0 Å². The zero-order chi connectivity index (χ0) is 9.26. The Morgan fingerprint density at radius 1 is 1.31 bits per heavy atom. The molecule has 13 heavy (non-hydrogen) atoms. The highest BCUT2D eigenvalue weighted by Gasteiger charge is 2.26. The molecule has 1 nitrogen and oxygen atoms in total. The van der Waals surface area contributed by atoms with E-state index in [4.69, 9.17) is 0 Å². The lowest BCUT2D eigenvalue weighted by Gasteiger charge is -2.36. The Morgan fingerprint density at radius 2 is 2.00 bits per heavy atom. The molecule has 1 aliphatic heterocycles. The highest BCUT2D eigenvalue weighted by Crippen LogP contribution is 2.29. The van der Waals surface area contributed by atoms with Gasteiger partial charge in [0.25, 0.3) is 0 Å².